The molecule has 3 rings (SSSR count). The molecular formula is C36H42O14. The lowest BCUT2D eigenvalue weighted by Crippen LogP contribution is -2.63. The van der Waals surface area contributed by atoms with Gasteiger partial charge in [0.05, 0.1) is 5.39 Å². The molecule has 5 atom stereocenters. The van der Waals surface area contributed by atoms with Crippen LogP contribution in [0.2, 0.25) is 0 Å². The van der Waals surface area contributed by atoms with Crippen molar-refractivity contribution in [2.75, 3.05) is 13.2 Å². The van der Waals surface area contributed by atoms with Gasteiger partial charge in [0, 0.05) is 40.7 Å². The molecule has 0 N–H and O–H groups in total. The second-order valence-corrected chi connectivity index (χ2v) is 11.5. The van der Waals surface area contributed by atoms with Gasteiger partial charge in [0.1, 0.15) is 36.8 Å². The van der Waals surface area contributed by atoms with Gasteiger partial charge in [-0.2, -0.15) is 0 Å². The number of hydrogen-bond donors (Lipinski definition) is 0. The lowest BCUT2D eigenvalue weighted by molar-refractivity contribution is -0.288. The summed E-state index contributed by atoms with van der Waals surface area (Å²) in [5.41, 5.74) is 1.45. The number of benzene rings is 1. The molecule has 1 aliphatic rings. The molecule has 1 aromatic carbocycles. The summed E-state index contributed by atoms with van der Waals surface area (Å²) < 4.78 is 50.6. The molecule has 1 aliphatic heterocycles. The fraction of sp³-hybridized carbons (Fsp3) is 0.472. The van der Waals surface area contributed by atoms with E-state index >= 15 is 0 Å². The van der Waals surface area contributed by atoms with Gasteiger partial charge in [-0.1, -0.05) is 23.1 Å². The molecule has 1 fully saturated rings. The number of fused-ring (bicyclic) bond motifs is 1. The van der Waals surface area contributed by atoms with Crippen LogP contribution in [-0.2, 0) is 42.9 Å². The van der Waals surface area contributed by atoms with Crippen LogP contribution >= 0.6 is 0 Å². The van der Waals surface area contributed by atoms with E-state index < -0.39 is 72.6 Å². The highest BCUT2D eigenvalue weighted by Crippen LogP contribution is 2.38. The Kier molecular flexibility index (Phi) is 14.5. The number of allylic oxidation sites excluding steroid dienone is 3. The molecule has 1 aromatic heterocycles. The predicted octanol–water partition coefficient (Wildman–Crippen LogP) is 4.69. The second-order valence-electron chi connectivity index (χ2n) is 11.5. The van der Waals surface area contributed by atoms with E-state index in [9.17, 15) is 24.0 Å². The quantitative estimate of drug-likeness (QED) is 0.0875. The monoisotopic (exact) mass is 698 g/mol. The van der Waals surface area contributed by atoms with Crippen LogP contribution in [-0.4, -0.2) is 67.8 Å². The first-order valence-electron chi connectivity index (χ1n) is 15.8. The zero-order valence-corrected chi connectivity index (χ0v) is 29.3. The third-order valence-corrected chi connectivity index (χ3v) is 7.00. The summed E-state index contributed by atoms with van der Waals surface area (Å²) in [6.07, 6.45) is 0.794. The number of esters is 4. The molecule has 270 valence electrons. The van der Waals surface area contributed by atoms with E-state index in [-0.39, 0.29) is 23.3 Å². The molecular weight excluding hydrogens is 656 g/mol. The summed E-state index contributed by atoms with van der Waals surface area (Å²) in [5.74, 6) is -0.950. The van der Waals surface area contributed by atoms with E-state index in [1.165, 1.54) is 18.6 Å². The van der Waals surface area contributed by atoms with E-state index in [0.717, 1.165) is 46.1 Å². The van der Waals surface area contributed by atoms with E-state index in [4.69, 9.17) is 42.3 Å². The minimum atomic E-state index is -1.66. The predicted molar refractivity (Wildman–Crippen MR) is 177 cm³/mol. The average molecular weight is 699 g/mol. The van der Waals surface area contributed by atoms with Crippen molar-refractivity contribution in [2.24, 2.45) is 0 Å². The van der Waals surface area contributed by atoms with Crippen LogP contribution in [0.4, 0.5) is 0 Å². The number of hydrogen-bond acceptors (Lipinski definition) is 14. The van der Waals surface area contributed by atoms with Gasteiger partial charge in [0.15, 0.2) is 18.0 Å². The topological polar surface area (TPSA) is 172 Å². The Balaban J connectivity index is 2.09. The summed E-state index contributed by atoms with van der Waals surface area (Å²) in [4.78, 5) is 61.6. The normalized spacial score (nSPS) is 20.0. The lowest BCUT2D eigenvalue weighted by Gasteiger charge is -2.43. The van der Waals surface area contributed by atoms with E-state index in [1.807, 2.05) is 26.8 Å². The van der Waals surface area contributed by atoms with Crippen LogP contribution in [0.1, 0.15) is 68.2 Å². The molecule has 2 heterocycles. The molecule has 14 heteroatoms. The van der Waals surface area contributed by atoms with Gasteiger partial charge >= 0.3 is 29.5 Å². The zero-order valence-electron chi connectivity index (χ0n) is 29.3. The summed E-state index contributed by atoms with van der Waals surface area (Å²) >= 11 is 0. The molecule has 0 unspecified atom stereocenters. The maximum atomic E-state index is 13.2. The fourth-order valence-corrected chi connectivity index (χ4v) is 4.90. The smallest absolute Gasteiger partial charge is 0.384 e. The Morgan fingerprint density at radius 3 is 2.12 bits per heavy atom. The Labute approximate surface area is 289 Å². The van der Waals surface area contributed by atoms with Crippen LogP contribution < -0.4 is 19.8 Å². The van der Waals surface area contributed by atoms with Crippen LogP contribution in [0.3, 0.4) is 0 Å². The minimum Gasteiger partial charge on any atom is -0.489 e. The van der Waals surface area contributed by atoms with Crippen LogP contribution in [0.25, 0.3) is 11.0 Å². The maximum Gasteiger partial charge on any atom is 0.384 e. The van der Waals surface area contributed by atoms with Crippen molar-refractivity contribution in [2.45, 2.75) is 98.9 Å². The van der Waals surface area contributed by atoms with Gasteiger partial charge < -0.3 is 42.3 Å². The van der Waals surface area contributed by atoms with Crippen molar-refractivity contribution in [3.63, 3.8) is 0 Å². The Bertz CT molecular complexity index is 1740. The Hall–Kier alpha value is -5.29. The average Bonchev–Trinajstić information content (AvgIpc) is 3.01. The van der Waals surface area contributed by atoms with E-state index in [0.29, 0.717) is 5.75 Å². The largest absolute Gasteiger partial charge is 0.489 e. The summed E-state index contributed by atoms with van der Waals surface area (Å²) in [5, 5.41) is 0.200. The third kappa shape index (κ3) is 11.4. The first kappa shape index (κ1) is 39.2. The van der Waals surface area contributed by atoms with Gasteiger partial charge in [0.25, 0.3) is 5.75 Å². The van der Waals surface area contributed by atoms with Crippen molar-refractivity contribution in [3.05, 3.63) is 51.9 Å². The fourth-order valence-electron chi connectivity index (χ4n) is 4.90. The van der Waals surface area contributed by atoms with Crippen molar-refractivity contribution in [1.82, 2.24) is 0 Å². The highest BCUT2D eigenvalue weighted by molar-refractivity contribution is 5.87. The van der Waals surface area contributed by atoms with Gasteiger partial charge in [0.2, 0.25) is 12.4 Å². The molecule has 0 spiro atoms. The first-order chi connectivity index (χ1) is 23.7. The maximum absolute atomic E-state index is 13.2. The third-order valence-electron chi connectivity index (χ3n) is 7.00. The minimum absolute atomic E-state index is 0.0363. The molecule has 1 saturated heterocycles. The molecule has 14 nitrogen and oxygen atoms in total. The molecule has 50 heavy (non-hydrogen) atoms. The van der Waals surface area contributed by atoms with Gasteiger partial charge in [-0.05, 0) is 51.8 Å². The molecule has 0 saturated carbocycles. The Morgan fingerprint density at radius 1 is 0.840 bits per heavy atom. The van der Waals surface area contributed by atoms with Gasteiger partial charge in [-0.3, -0.25) is 19.2 Å². The number of carbonyl (C=O) groups excluding carboxylic acids is 4. The second kappa shape index (κ2) is 18.5. The van der Waals surface area contributed by atoms with E-state index in [1.54, 1.807) is 12.1 Å². The SMILES string of the molecule is CC#COc1c(O[C@@H]2O[C@H](COC(C)=O)[C@H](OC(C)=O)[C@H](OC(C)=O)[C@H]2OC(C)=O)c2ccc(OCC=C(C)CCC=C(C)C)cc2oc1=O. The van der Waals surface area contributed by atoms with Crippen molar-refractivity contribution in [1.29, 1.82) is 0 Å². The summed E-state index contributed by atoms with van der Waals surface area (Å²) in [6, 6.07) is 4.65. The molecule has 2 aromatic rings. The lowest BCUT2D eigenvalue weighted by atomic mass is 9.98. The molecule has 0 radical (unpaired) electrons. The van der Waals surface area contributed by atoms with Gasteiger partial charge in [-0.15, -0.1) is 0 Å². The highest BCUT2D eigenvalue weighted by Gasteiger charge is 2.53. The van der Waals surface area contributed by atoms with Crippen molar-refractivity contribution >= 4 is 34.8 Å². The van der Waals surface area contributed by atoms with Crippen LogP contribution in [0.5, 0.6) is 17.2 Å². The summed E-state index contributed by atoms with van der Waals surface area (Å²) in [7, 11) is 0. The highest BCUT2D eigenvalue weighted by atomic mass is 16.7. The van der Waals surface area contributed by atoms with Gasteiger partial charge in [-0.25, -0.2) is 4.79 Å². The van der Waals surface area contributed by atoms with Crippen molar-refractivity contribution < 1.29 is 61.5 Å². The molecule has 0 amide bonds. The van der Waals surface area contributed by atoms with E-state index in [2.05, 4.69) is 18.1 Å². The standard InChI is InChI=1S/C36H42O14/c1-9-16-43-33-30(27-14-13-26(18-28(27)48-35(33)41)42-17-15-21(4)12-10-11-20(2)3)50-36-34(47-25(8)40)32(46-24(7)39)31(45-23(6)38)29(49-36)19-44-22(5)37/h11,13-15,18,29,31-32,34,36H,10,12,17,19H2,1-8H3/t29-,31+,32+,34-,36+/m1/s1. The van der Waals surface area contributed by atoms with Crippen molar-refractivity contribution in [3.8, 4) is 29.3 Å². The summed E-state index contributed by atoms with van der Waals surface area (Å²) in [6.45, 7) is 11.8. The van der Waals surface area contributed by atoms with Crippen LogP contribution in [0.15, 0.2) is 50.7 Å². The zero-order chi connectivity index (χ0) is 37.0. The molecule has 0 bridgehead atoms. The number of rotatable bonds is 14. The first-order valence-corrected chi connectivity index (χ1v) is 15.8. The number of ether oxygens (including phenoxy) is 8. The Morgan fingerprint density at radius 2 is 1.50 bits per heavy atom. The van der Waals surface area contributed by atoms with Crippen LogP contribution in [0, 0.1) is 12.0 Å². The number of carbonyl (C=O) groups is 4. The molecule has 0 aliphatic carbocycles.